The van der Waals surface area contributed by atoms with Crippen LogP contribution in [0.2, 0.25) is 0 Å². The highest BCUT2D eigenvalue weighted by atomic mass is 14.0. The molecule has 0 bridgehead atoms. The van der Waals surface area contributed by atoms with Crippen molar-refractivity contribution in [1.29, 1.82) is 0 Å². The Labute approximate surface area is 97.6 Å². The molecule has 1 aromatic carbocycles. The molecule has 0 spiro atoms. The highest BCUT2D eigenvalue weighted by Gasteiger charge is 1.95. The molecular weight excluding hydrogens is 192 g/mol. The van der Waals surface area contributed by atoms with E-state index in [2.05, 4.69) is 31.9 Å². The first-order chi connectivity index (χ1) is 7.77. The maximum atomic E-state index is 3.95. The fraction of sp³-hybridized carbons (Fsp3) is 0. The highest BCUT2D eigenvalue weighted by Crippen LogP contribution is 2.17. The lowest BCUT2D eigenvalue weighted by atomic mass is 10.0. The van der Waals surface area contributed by atoms with Crippen LogP contribution in [-0.4, -0.2) is 0 Å². The fourth-order valence-electron chi connectivity index (χ4n) is 1.33. The van der Waals surface area contributed by atoms with E-state index in [1.165, 1.54) is 0 Å². The van der Waals surface area contributed by atoms with Crippen molar-refractivity contribution in [3.63, 3.8) is 0 Å². The molecule has 1 rings (SSSR count). The predicted octanol–water partition coefficient (Wildman–Crippen LogP) is 4.55. The molecule has 0 saturated heterocycles. The van der Waals surface area contributed by atoms with E-state index in [4.69, 9.17) is 0 Å². The van der Waals surface area contributed by atoms with Gasteiger partial charge >= 0.3 is 0 Å². The molecule has 0 fully saturated rings. The molecule has 0 heterocycles. The third-order valence-electron chi connectivity index (χ3n) is 2.11. The van der Waals surface area contributed by atoms with Crippen LogP contribution in [0.3, 0.4) is 0 Å². The molecule has 0 unspecified atom stereocenters. The molecule has 1 aromatic rings. The Hall–Kier alpha value is -2.08. The summed E-state index contributed by atoms with van der Waals surface area (Å²) in [7, 11) is 0. The minimum atomic E-state index is 0.929. The first kappa shape index (κ1) is 12.0. The van der Waals surface area contributed by atoms with E-state index in [1.807, 2.05) is 42.5 Å². The second kappa shape index (κ2) is 6.41. The van der Waals surface area contributed by atoms with Crippen LogP contribution < -0.4 is 0 Å². The lowest BCUT2D eigenvalue weighted by Crippen LogP contribution is -1.80. The fourth-order valence-corrected chi connectivity index (χ4v) is 1.33. The van der Waals surface area contributed by atoms with Gasteiger partial charge in [0.2, 0.25) is 0 Å². The molecule has 16 heavy (non-hydrogen) atoms. The average Bonchev–Trinajstić information content (AvgIpc) is 2.34. The molecule has 0 nitrogen and oxygen atoms in total. The van der Waals surface area contributed by atoms with E-state index in [9.17, 15) is 0 Å². The van der Waals surface area contributed by atoms with Gasteiger partial charge in [-0.3, -0.25) is 0 Å². The molecule has 0 aliphatic heterocycles. The number of benzene rings is 1. The van der Waals surface area contributed by atoms with Crippen LogP contribution in [0.15, 0.2) is 86.0 Å². The van der Waals surface area contributed by atoms with Gasteiger partial charge in [-0.15, -0.1) is 0 Å². The topological polar surface area (TPSA) is 0 Å². The lowest BCUT2D eigenvalue weighted by molar-refractivity contribution is 1.61. The van der Waals surface area contributed by atoms with Crippen molar-refractivity contribution in [3.05, 3.63) is 91.6 Å². The summed E-state index contributed by atoms with van der Waals surface area (Å²) in [4.78, 5) is 0. The van der Waals surface area contributed by atoms with E-state index >= 15 is 0 Å². The highest BCUT2D eigenvalue weighted by molar-refractivity contribution is 5.76. The molecule has 0 aliphatic carbocycles. The third kappa shape index (κ3) is 3.58. The summed E-state index contributed by atoms with van der Waals surface area (Å²) >= 11 is 0. The Morgan fingerprint density at radius 3 is 2.31 bits per heavy atom. The van der Waals surface area contributed by atoms with Crippen LogP contribution in [0.25, 0.3) is 5.57 Å². The standard InChI is InChI=1S/C16H16/c1-4-6-10-14(3)13-15(5-2)16-11-8-7-9-12-16/h4-13H,1-3H2. The van der Waals surface area contributed by atoms with Crippen molar-refractivity contribution in [2.24, 2.45) is 0 Å². The van der Waals surface area contributed by atoms with Crippen molar-refractivity contribution in [1.82, 2.24) is 0 Å². The van der Waals surface area contributed by atoms with Crippen LogP contribution in [0.1, 0.15) is 5.56 Å². The number of hydrogen-bond donors (Lipinski definition) is 0. The monoisotopic (exact) mass is 208 g/mol. The van der Waals surface area contributed by atoms with Gasteiger partial charge in [0.05, 0.1) is 0 Å². The van der Waals surface area contributed by atoms with Crippen LogP contribution in [0, 0.1) is 0 Å². The van der Waals surface area contributed by atoms with Crippen LogP contribution >= 0.6 is 0 Å². The normalized spacial score (nSPS) is 11.4. The second-order valence-electron chi connectivity index (χ2n) is 3.34. The summed E-state index contributed by atoms with van der Waals surface area (Å²) in [6, 6.07) is 10.1. The van der Waals surface area contributed by atoms with E-state index in [1.54, 1.807) is 6.08 Å². The summed E-state index contributed by atoms with van der Waals surface area (Å²) in [6.45, 7) is 11.4. The van der Waals surface area contributed by atoms with Crippen LogP contribution in [0.5, 0.6) is 0 Å². The molecule has 80 valence electrons. The molecule has 0 atom stereocenters. The molecule has 0 aromatic heterocycles. The molecule has 0 N–H and O–H groups in total. The summed E-state index contributed by atoms with van der Waals surface area (Å²) in [5.41, 5.74) is 3.14. The van der Waals surface area contributed by atoms with Gasteiger partial charge in [-0.1, -0.05) is 74.4 Å². The second-order valence-corrected chi connectivity index (χ2v) is 3.34. The largest absolute Gasteiger partial charge is 0.0991 e. The molecule has 0 heteroatoms. The summed E-state index contributed by atoms with van der Waals surface area (Å²) < 4.78 is 0. The molecule has 0 radical (unpaired) electrons. The zero-order valence-corrected chi connectivity index (χ0v) is 9.39. The van der Waals surface area contributed by atoms with Gasteiger partial charge in [-0.2, -0.15) is 0 Å². The van der Waals surface area contributed by atoms with Crippen LogP contribution in [-0.2, 0) is 0 Å². The van der Waals surface area contributed by atoms with E-state index < -0.39 is 0 Å². The van der Waals surface area contributed by atoms with Crippen molar-refractivity contribution < 1.29 is 0 Å². The van der Waals surface area contributed by atoms with Gasteiger partial charge in [-0.25, -0.2) is 0 Å². The molecule has 0 saturated carbocycles. The van der Waals surface area contributed by atoms with E-state index in [0.29, 0.717) is 0 Å². The third-order valence-corrected chi connectivity index (χ3v) is 2.11. The lowest BCUT2D eigenvalue weighted by Gasteiger charge is -2.01. The smallest absolute Gasteiger partial charge is 0.0184 e. The first-order valence-corrected chi connectivity index (χ1v) is 5.15. The Kier molecular flexibility index (Phi) is 4.81. The minimum absolute atomic E-state index is 0.929. The maximum Gasteiger partial charge on any atom is -0.0184 e. The SMILES string of the molecule is C=CC=CC(=C)C=C(C=C)c1ccccc1. The Balaban J connectivity index is 2.95. The Bertz CT molecular complexity index is 430. The summed E-state index contributed by atoms with van der Waals surface area (Å²) in [5, 5.41) is 0. The van der Waals surface area contributed by atoms with Crippen molar-refractivity contribution >= 4 is 5.57 Å². The predicted molar refractivity (Wildman–Crippen MR) is 73.1 cm³/mol. The zero-order valence-electron chi connectivity index (χ0n) is 9.39. The molecule has 0 amide bonds. The number of allylic oxidation sites excluding steroid dienone is 7. The van der Waals surface area contributed by atoms with Gasteiger partial charge in [-0.05, 0) is 22.8 Å². The van der Waals surface area contributed by atoms with Crippen molar-refractivity contribution in [2.75, 3.05) is 0 Å². The maximum absolute atomic E-state index is 3.95. The molecule has 0 aliphatic rings. The van der Waals surface area contributed by atoms with Crippen molar-refractivity contribution in [3.8, 4) is 0 Å². The zero-order chi connectivity index (χ0) is 11.8. The average molecular weight is 208 g/mol. The van der Waals surface area contributed by atoms with Gasteiger partial charge in [0.15, 0.2) is 0 Å². The summed E-state index contributed by atoms with van der Waals surface area (Å²) in [5.74, 6) is 0. The Morgan fingerprint density at radius 1 is 1.06 bits per heavy atom. The van der Waals surface area contributed by atoms with Crippen molar-refractivity contribution in [2.45, 2.75) is 0 Å². The quantitative estimate of drug-likeness (QED) is 0.622. The van der Waals surface area contributed by atoms with Crippen LogP contribution in [0.4, 0.5) is 0 Å². The van der Waals surface area contributed by atoms with Gasteiger partial charge in [0.25, 0.3) is 0 Å². The van der Waals surface area contributed by atoms with Gasteiger partial charge < -0.3 is 0 Å². The minimum Gasteiger partial charge on any atom is -0.0991 e. The van der Waals surface area contributed by atoms with Gasteiger partial charge in [0, 0.05) is 0 Å². The first-order valence-electron chi connectivity index (χ1n) is 5.15. The Morgan fingerprint density at radius 2 is 1.75 bits per heavy atom. The summed E-state index contributed by atoms with van der Waals surface area (Å²) in [6.07, 6.45) is 9.35. The molecular formula is C16H16. The van der Waals surface area contributed by atoms with E-state index in [-0.39, 0.29) is 0 Å². The van der Waals surface area contributed by atoms with E-state index in [0.717, 1.165) is 16.7 Å². The number of hydrogen-bond acceptors (Lipinski definition) is 0. The number of rotatable bonds is 5. The van der Waals surface area contributed by atoms with Gasteiger partial charge in [0.1, 0.15) is 0 Å².